The molecule has 1 heterocycles. The molecule has 3 heteroatoms. The maximum Gasteiger partial charge on any atom is 0.123 e. The fourth-order valence-electron chi connectivity index (χ4n) is 2.31. The molecule has 0 fully saturated rings. The van der Waals surface area contributed by atoms with Gasteiger partial charge in [0.15, 0.2) is 0 Å². The van der Waals surface area contributed by atoms with Gasteiger partial charge in [0.2, 0.25) is 0 Å². The summed E-state index contributed by atoms with van der Waals surface area (Å²) >= 11 is 6.21. The summed E-state index contributed by atoms with van der Waals surface area (Å²) in [6.45, 7) is 6.16. The molecule has 2 aromatic carbocycles. The van der Waals surface area contributed by atoms with Gasteiger partial charge in [-0.05, 0) is 24.6 Å². The van der Waals surface area contributed by atoms with Crippen LogP contribution in [0.15, 0.2) is 49.0 Å². The van der Waals surface area contributed by atoms with Crippen LogP contribution in [-0.4, -0.2) is 0 Å². The van der Waals surface area contributed by atoms with Crippen LogP contribution in [0, 0.1) is 6.92 Å². The largest absolute Gasteiger partial charge is 0.362 e. The van der Waals surface area contributed by atoms with Crippen LogP contribution in [0.25, 0.3) is 5.70 Å². The van der Waals surface area contributed by atoms with Gasteiger partial charge in [0, 0.05) is 16.9 Å². The fraction of sp³-hybridized carbons (Fsp3) is 0.125. The summed E-state index contributed by atoms with van der Waals surface area (Å²) in [6, 6.07) is 14.3. The van der Waals surface area contributed by atoms with Gasteiger partial charge < -0.3 is 10.6 Å². The van der Waals surface area contributed by atoms with Crippen LogP contribution < -0.4 is 10.6 Å². The van der Waals surface area contributed by atoms with Gasteiger partial charge >= 0.3 is 0 Å². The molecule has 3 rings (SSSR count). The summed E-state index contributed by atoms with van der Waals surface area (Å²) < 4.78 is 0. The number of nitrogens with one attached hydrogen (secondary N) is 2. The monoisotopic (exact) mass is 270 g/mol. The van der Waals surface area contributed by atoms with E-state index in [-0.39, 0.29) is 6.17 Å². The Hall–Kier alpha value is -1.93. The molecule has 1 aliphatic heterocycles. The number of fused-ring (bicyclic) bond motifs is 1. The minimum absolute atomic E-state index is 0.0269. The lowest BCUT2D eigenvalue weighted by atomic mass is 10.0. The van der Waals surface area contributed by atoms with Crippen molar-refractivity contribution in [2.75, 3.05) is 5.32 Å². The van der Waals surface area contributed by atoms with Crippen LogP contribution in [0.3, 0.4) is 0 Å². The van der Waals surface area contributed by atoms with Crippen molar-refractivity contribution < 1.29 is 0 Å². The normalized spacial score (nSPS) is 17.4. The zero-order valence-electron chi connectivity index (χ0n) is 10.7. The molecule has 1 unspecified atom stereocenters. The molecular weight excluding hydrogens is 256 g/mol. The SMILES string of the molecule is C=C1NC(c2ccc(C)cc2)Nc2cccc(Cl)c21. The van der Waals surface area contributed by atoms with Gasteiger partial charge in [-0.15, -0.1) is 0 Å². The lowest BCUT2D eigenvalue weighted by Gasteiger charge is -2.31. The maximum absolute atomic E-state index is 6.21. The molecule has 1 aliphatic rings. The highest BCUT2D eigenvalue weighted by molar-refractivity contribution is 6.33. The molecule has 0 radical (unpaired) electrons. The van der Waals surface area contributed by atoms with Gasteiger partial charge in [-0.25, -0.2) is 0 Å². The van der Waals surface area contributed by atoms with E-state index in [1.807, 2.05) is 18.2 Å². The molecule has 0 amide bonds. The highest BCUT2D eigenvalue weighted by Crippen LogP contribution is 2.35. The molecule has 19 heavy (non-hydrogen) atoms. The Bertz CT molecular complexity index is 632. The second-order valence-corrected chi connectivity index (χ2v) is 5.18. The van der Waals surface area contributed by atoms with Crippen LogP contribution in [0.2, 0.25) is 5.02 Å². The average Bonchev–Trinajstić information content (AvgIpc) is 2.39. The number of benzene rings is 2. The molecule has 2 aromatic rings. The summed E-state index contributed by atoms with van der Waals surface area (Å²) in [6.07, 6.45) is 0.0269. The molecule has 2 nitrogen and oxygen atoms in total. The molecule has 0 aromatic heterocycles. The van der Waals surface area contributed by atoms with Crippen LogP contribution >= 0.6 is 11.6 Å². The van der Waals surface area contributed by atoms with E-state index in [4.69, 9.17) is 11.6 Å². The van der Waals surface area contributed by atoms with Crippen molar-refractivity contribution in [3.05, 3.63) is 70.8 Å². The van der Waals surface area contributed by atoms with Crippen molar-refractivity contribution in [2.24, 2.45) is 0 Å². The van der Waals surface area contributed by atoms with Crippen molar-refractivity contribution in [2.45, 2.75) is 13.1 Å². The topological polar surface area (TPSA) is 24.1 Å². The summed E-state index contributed by atoms with van der Waals surface area (Å²) in [4.78, 5) is 0. The average molecular weight is 271 g/mol. The van der Waals surface area contributed by atoms with Crippen molar-refractivity contribution in [3.63, 3.8) is 0 Å². The van der Waals surface area contributed by atoms with Gasteiger partial charge in [-0.1, -0.05) is 54.1 Å². The number of hydrogen-bond donors (Lipinski definition) is 2. The second kappa shape index (κ2) is 4.63. The standard InChI is InChI=1S/C16H15ClN2/c1-10-6-8-12(9-7-10)16-18-11(2)15-13(17)4-3-5-14(15)19-16/h3-9,16,18-19H,2H2,1H3. The molecule has 2 N–H and O–H groups in total. The van der Waals surface area contributed by atoms with Crippen molar-refractivity contribution in [1.29, 1.82) is 0 Å². The third kappa shape index (κ3) is 2.20. The summed E-state index contributed by atoms with van der Waals surface area (Å²) in [5.41, 5.74) is 5.25. The number of hydrogen-bond acceptors (Lipinski definition) is 2. The Kier molecular flexibility index (Phi) is 2.96. The van der Waals surface area contributed by atoms with E-state index in [9.17, 15) is 0 Å². The van der Waals surface area contributed by atoms with Crippen LogP contribution in [0.4, 0.5) is 5.69 Å². The first-order chi connectivity index (χ1) is 9.15. The minimum Gasteiger partial charge on any atom is -0.362 e. The first-order valence-corrected chi connectivity index (χ1v) is 6.60. The van der Waals surface area contributed by atoms with E-state index < -0.39 is 0 Å². The van der Waals surface area contributed by atoms with Crippen LogP contribution in [0.5, 0.6) is 0 Å². The third-order valence-corrected chi connectivity index (χ3v) is 3.66. The summed E-state index contributed by atoms with van der Waals surface area (Å²) in [5.74, 6) is 0. The Morgan fingerprint density at radius 2 is 1.79 bits per heavy atom. The quantitative estimate of drug-likeness (QED) is 0.806. The van der Waals surface area contributed by atoms with E-state index in [1.54, 1.807) is 0 Å². The third-order valence-electron chi connectivity index (χ3n) is 3.34. The Balaban J connectivity index is 1.97. The Morgan fingerprint density at radius 3 is 2.53 bits per heavy atom. The predicted molar refractivity (Wildman–Crippen MR) is 81.2 cm³/mol. The molecular formula is C16H15ClN2. The number of halogens is 1. The van der Waals surface area contributed by atoms with Crippen LogP contribution in [-0.2, 0) is 0 Å². The molecule has 0 saturated carbocycles. The minimum atomic E-state index is 0.0269. The van der Waals surface area contributed by atoms with Gasteiger partial charge in [0.1, 0.15) is 6.17 Å². The molecule has 96 valence electrons. The number of rotatable bonds is 1. The zero-order chi connectivity index (χ0) is 13.4. The predicted octanol–water partition coefficient (Wildman–Crippen LogP) is 4.33. The van der Waals surface area contributed by atoms with Crippen molar-refractivity contribution in [1.82, 2.24) is 5.32 Å². The van der Waals surface area contributed by atoms with Gasteiger partial charge in [-0.2, -0.15) is 0 Å². The lowest BCUT2D eigenvalue weighted by molar-refractivity contribution is 0.703. The highest BCUT2D eigenvalue weighted by Gasteiger charge is 2.22. The number of aryl methyl sites for hydroxylation is 1. The van der Waals surface area contributed by atoms with E-state index in [0.717, 1.165) is 16.9 Å². The molecule has 0 spiro atoms. The lowest BCUT2D eigenvalue weighted by Crippen LogP contribution is -2.31. The van der Waals surface area contributed by atoms with Crippen molar-refractivity contribution >= 4 is 23.0 Å². The molecule has 0 saturated heterocycles. The smallest absolute Gasteiger partial charge is 0.123 e. The molecule has 0 aliphatic carbocycles. The fourth-order valence-corrected chi connectivity index (χ4v) is 2.60. The van der Waals surface area contributed by atoms with Gasteiger partial charge in [0.25, 0.3) is 0 Å². The summed E-state index contributed by atoms with van der Waals surface area (Å²) in [5, 5.41) is 7.52. The second-order valence-electron chi connectivity index (χ2n) is 4.77. The number of anilines is 1. The van der Waals surface area contributed by atoms with E-state index in [1.165, 1.54) is 11.1 Å². The Labute approximate surface area is 118 Å². The van der Waals surface area contributed by atoms with Crippen molar-refractivity contribution in [3.8, 4) is 0 Å². The first kappa shape index (κ1) is 12.1. The first-order valence-electron chi connectivity index (χ1n) is 6.22. The van der Waals surface area contributed by atoms with Crippen LogP contribution in [0.1, 0.15) is 22.9 Å². The zero-order valence-corrected chi connectivity index (χ0v) is 11.5. The van der Waals surface area contributed by atoms with Gasteiger partial charge in [0.05, 0.1) is 5.02 Å². The maximum atomic E-state index is 6.21. The molecule has 1 atom stereocenters. The van der Waals surface area contributed by atoms with Gasteiger partial charge in [-0.3, -0.25) is 0 Å². The molecule has 0 bridgehead atoms. The van der Waals surface area contributed by atoms with E-state index in [2.05, 4.69) is 48.4 Å². The van der Waals surface area contributed by atoms with E-state index in [0.29, 0.717) is 5.02 Å². The highest BCUT2D eigenvalue weighted by atomic mass is 35.5. The summed E-state index contributed by atoms with van der Waals surface area (Å²) in [7, 11) is 0. The van der Waals surface area contributed by atoms with E-state index >= 15 is 0 Å². The Morgan fingerprint density at radius 1 is 1.05 bits per heavy atom.